The Hall–Kier alpha value is -4.99. The Bertz CT molecular complexity index is 1750. The van der Waals surface area contributed by atoms with Crippen LogP contribution in [-0.4, -0.2) is 41.0 Å². The van der Waals surface area contributed by atoms with Gasteiger partial charge >= 0.3 is 0 Å². The molecule has 0 spiro atoms. The summed E-state index contributed by atoms with van der Waals surface area (Å²) in [6.07, 6.45) is 5.62. The number of aryl methyl sites for hydroxylation is 1. The van der Waals surface area contributed by atoms with E-state index in [2.05, 4.69) is 10.3 Å². The number of anilines is 1. The molecule has 1 amide bonds. The number of hydrogen-bond donors (Lipinski definition) is 2. The third-order valence-electron chi connectivity index (χ3n) is 6.63. The summed E-state index contributed by atoms with van der Waals surface area (Å²) >= 11 is 0. The van der Waals surface area contributed by atoms with Crippen molar-refractivity contribution in [3.8, 4) is 11.5 Å². The average molecular weight is 526 g/mol. The molecule has 0 radical (unpaired) electrons. The van der Waals surface area contributed by atoms with Crippen LogP contribution in [0.25, 0.3) is 16.7 Å². The predicted molar refractivity (Wildman–Crippen MR) is 147 cm³/mol. The SMILES string of the molecule is COc1ccc(CCNC(=O)c2cc3c(=O)n4cccc(C)c4nc3[n+](Cc3cccnc3)c2N)cc1OC. The largest absolute Gasteiger partial charge is 0.493 e. The van der Waals surface area contributed by atoms with Crippen LogP contribution in [0.4, 0.5) is 5.82 Å². The molecular formula is C29H29N6O4+. The van der Waals surface area contributed by atoms with Gasteiger partial charge in [-0.3, -0.25) is 19.0 Å². The van der Waals surface area contributed by atoms with E-state index in [1.807, 2.05) is 43.3 Å². The van der Waals surface area contributed by atoms with Gasteiger partial charge in [-0.2, -0.15) is 0 Å². The first-order valence-corrected chi connectivity index (χ1v) is 12.4. The molecule has 0 saturated heterocycles. The predicted octanol–water partition coefficient (Wildman–Crippen LogP) is 2.46. The van der Waals surface area contributed by atoms with Gasteiger partial charge in [0.25, 0.3) is 17.1 Å². The van der Waals surface area contributed by atoms with Crippen LogP contribution in [0.5, 0.6) is 11.5 Å². The molecule has 0 aliphatic carbocycles. The number of rotatable bonds is 8. The fraction of sp³-hybridized carbons (Fsp3) is 0.207. The van der Waals surface area contributed by atoms with Gasteiger partial charge in [0, 0.05) is 36.3 Å². The molecule has 10 heteroatoms. The summed E-state index contributed by atoms with van der Waals surface area (Å²) in [5.74, 6) is 1.07. The highest BCUT2D eigenvalue weighted by Crippen LogP contribution is 2.27. The first kappa shape index (κ1) is 25.7. The fourth-order valence-electron chi connectivity index (χ4n) is 4.58. The van der Waals surface area contributed by atoms with Gasteiger partial charge in [-0.15, -0.1) is 0 Å². The summed E-state index contributed by atoms with van der Waals surface area (Å²) in [7, 11) is 3.16. The van der Waals surface area contributed by atoms with Crippen molar-refractivity contribution in [3.63, 3.8) is 0 Å². The highest BCUT2D eigenvalue weighted by Gasteiger charge is 2.25. The standard InChI is InChI=1S/C29H28N6O4/c1-18-6-5-13-34-26(18)33-27-22(29(34)37)15-21(25(30)35(27)17-20-7-4-11-31-16-20)28(36)32-12-10-19-8-9-23(38-2)24(14-19)39-3/h4-9,11,13-16,30H,10,12,17H2,1-3H3,(H,32,36)/p+1. The molecule has 3 N–H and O–H groups in total. The molecule has 0 aliphatic heterocycles. The molecule has 1 aromatic carbocycles. The van der Waals surface area contributed by atoms with Crippen LogP contribution in [0, 0.1) is 6.92 Å². The Morgan fingerprint density at radius 3 is 2.64 bits per heavy atom. The lowest BCUT2D eigenvalue weighted by atomic mass is 10.1. The minimum Gasteiger partial charge on any atom is -0.493 e. The van der Waals surface area contributed by atoms with E-state index in [0.29, 0.717) is 41.1 Å². The van der Waals surface area contributed by atoms with Gasteiger partial charge in [-0.25, -0.2) is 4.57 Å². The van der Waals surface area contributed by atoms with Gasteiger partial charge < -0.3 is 20.5 Å². The van der Waals surface area contributed by atoms with Crippen LogP contribution in [0.1, 0.15) is 27.0 Å². The van der Waals surface area contributed by atoms with E-state index in [1.54, 1.807) is 43.4 Å². The number of nitrogens with zero attached hydrogens (tertiary/aromatic N) is 4. The third kappa shape index (κ3) is 4.96. The van der Waals surface area contributed by atoms with E-state index in [9.17, 15) is 9.59 Å². The second kappa shape index (κ2) is 10.8. The fourth-order valence-corrected chi connectivity index (χ4v) is 4.58. The molecule has 0 aliphatic rings. The minimum atomic E-state index is -0.386. The smallest absolute Gasteiger partial charge is 0.278 e. The molecule has 10 nitrogen and oxygen atoms in total. The molecule has 0 bridgehead atoms. The second-order valence-corrected chi connectivity index (χ2v) is 9.12. The molecule has 198 valence electrons. The van der Waals surface area contributed by atoms with Gasteiger partial charge in [-0.05, 0) is 49.2 Å². The normalized spacial score (nSPS) is 11.1. The number of ether oxygens (including phenoxy) is 2. The zero-order valence-corrected chi connectivity index (χ0v) is 22.0. The number of nitrogens with two attached hydrogens (primary N) is 1. The number of amides is 1. The van der Waals surface area contributed by atoms with E-state index in [4.69, 9.17) is 20.2 Å². The molecule has 0 fully saturated rings. The van der Waals surface area contributed by atoms with Crippen molar-refractivity contribution in [1.82, 2.24) is 19.7 Å². The number of nitrogens with one attached hydrogen (secondary N) is 1. The lowest BCUT2D eigenvalue weighted by Crippen LogP contribution is -2.43. The summed E-state index contributed by atoms with van der Waals surface area (Å²) in [4.78, 5) is 35.9. The Balaban J connectivity index is 1.53. The molecule has 0 unspecified atom stereocenters. The van der Waals surface area contributed by atoms with Crippen LogP contribution in [0.15, 0.2) is 71.9 Å². The summed E-state index contributed by atoms with van der Waals surface area (Å²) in [5, 5.41) is 3.22. The zero-order chi connectivity index (χ0) is 27.5. The monoisotopic (exact) mass is 525 g/mol. The lowest BCUT2D eigenvalue weighted by Gasteiger charge is -2.13. The topological polar surface area (TPSA) is 125 Å². The van der Waals surface area contributed by atoms with E-state index >= 15 is 0 Å². The number of pyridine rings is 3. The molecule has 0 saturated carbocycles. The number of aromatic nitrogens is 4. The Morgan fingerprint density at radius 2 is 1.90 bits per heavy atom. The number of carbonyl (C=O) groups is 1. The number of carbonyl (C=O) groups excluding carboxylic acids is 1. The minimum absolute atomic E-state index is 0.199. The number of benzene rings is 1. The van der Waals surface area contributed by atoms with Crippen molar-refractivity contribution >= 4 is 28.4 Å². The van der Waals surface area contributed by atoms with E-state index < -0.39 is 0 Å². The number of fused-ring (bicyclic) bond motifs is 2. The van der Waals surface area contributed by atoms with E-state index in [-0.39, 0.29) is 29.4 Å². The summed E-state index contributed by atoms with van der Waals surface area (Å²) < 4.78 is 13.8. The maximum Gasteiger partial charge on any atom is 0.278 e. The summed E-state index contributed by atoms with van der Waals surface area (Å²) in [5.41, 5.74) is 10.1. The van der Waals surface area contributed by atoms with Crippen LogP contribution in [0.3, 0.4) is 0 Å². The first-order chi connectivity index (χ1) is 18.9. The van der Waals surface area contributed by atoms with Crippen molar-refractivity contribution in [2.75, 3.05) is 26.5 Å². The van der Waals surface area contributed by atoms with Gasteiger partial charge in [0.15, 0.2) is 11.5 Å². The maximum atomic E-state index is 13.5. The summed E-state index contributed by atoms with van der Waals surface area (Å²) in [6.45, 7) is 2.53. The molecule has 39 heavy (non-hydrogen) atoms. The van der Waals surface area contributed by atoms with Gasteiger partial charge in [0.1, 0.15) is 10.9 Å². The van der Waals surface area contributed by atoms with Crippen LogP contribution >= 0.6 is 0 Å². The quantitative estimate of drug-likeness (QED) is 0.236. The highest BCUT2D eigenvalue weighted by molar-refractivity contribution is 6.00. The van der Waals surface area contributed by atoms with Gasteiger partial charge in [0.05, 0.1) is 20.8 Å². The van der Waals surface area contributed by atoms with Crippen molar-refractivity contribution < 1.29 is 18.8 Å². The Kier molecular flexibility index (Phi) is 7.09. The molecule has 4 heterocycles. The number of nitrogen functional groups attached to an aromatic ring is 1. The van der Waals surface area contributed by atoms with Crippen LogP contribution in [-0.2, 0) is 13.0 Å². The Labute approximate surface area is 224 Å². The first-order valence-electron chi connectivity index (χ1n) is 12.4. The second-order valence-electron chi connectivity index (χ2n) is 9.12. The zero-order valence-electron chi connectivity index (χ0n) is 22.0. The van der Waals surface area contributed by atoms with Crippen LogP contribution in [0.2, 0.25) is 0 Å². The van der Waals surface area contributed by atoms with Crippen molar-refractivity contribution in [3.05, 3.63) is 99.7 Å². The molecular weight excluding hydrogens is 496 g/mol. The molecule has 0 atom stereocenters. The van der Waals surface area contributed by atoms with Crippen LogP contribution < -0.4 is 30.7 Å². The molecule has 5 aromatic rings. The van der Waals surface area contributed by atoms with Gasteiger partial charge in [-0.1, -0.05) is 23.2 Å². The maximum absolute atomic E-state index is 13.5. The molecule has 4 aromatic heterocycles. The number of methoxy groups -OCH3 is 2. The van der Waals surface area contributed by atoms with Crippen molar-refractivity contribution in [1.29, 1.82) is 0 Å². The number of hydrogen-bond acceptors (Lipinski definition) is 7. The van der Waals surface area contributed by atoms with Crippen molar-refractivity contribution in [2.45, 2.75) is 19.9 Å². The molecule has 5 rings (SSSR count). The Morgan fingerprint density at radius 1 is 1.08 bits per heavy atom. The third-order valence-corrected chi connectivity index (χ3v) is 6.63. The van der Waals surface area contributed by atoms with E-state index in [0.717, 1.165) is 16.7 Å². The highest BCUT2D eigenvalue weighted by atomic mass is 16.5. The van der Waals surface area contributed by atoms with Crippen molar-refractivity contribution in [2.24, 2.45) is 0 Å². The average Bonchev–Trinajstić information content (AvgIpc) is 2.95. The van der Waals surface area contributed by atoms with E-state index in [1.165, 1.54) is 10.5 Å². The van der Waals surface area contributed by atoms with Gasteiger partial charge in [0.2, 0.25) is 11.5 Å². The lowest BCUT2D eigenvalue weighted by molar-refractivity contribution is -0.649. The summed E-state index contributed by atoms with van der Waals surface area (Å²) in [6, 6.07) is 14.5.